The normalized spacial score (nSPS) is 8.31. The lowest BCUT2D eigenvalue weighted by Gasteiger charge is -1.93. The van der Waals surface area contributed by atoms with Gasteiger partial charge in [-0.1, -0.05) is 63.6 Å². The zero-order valence-corrected chi connectivity index (χ0v) is 9.48. The SMILES string of the molecule is C=C(C)/C=C\C(=C)CCC.CC.O. The van der Waals surface area contributed by atoms with E-state index < -0.39 is 0 Å². The summed E-state index contributed by atoms with van der Waals surface area (Å²) in [5.74, 6) is 0. The van der Waals surface area contributed by atoms with Crippen LogP contribution >= 0.6 is 0 Å². The Morgan fingerprint density at radius 1 is 1.15 bits per heavy atom. The van der Waals surface area contributed by atoms with Crippen LogP contribution in [0.4, 0.5) is 0 Å². The van der Waals surface area contributed by atoms with Gasteiger partial charge in [-0.15, -0.1) is 0 Å². The van der Waals surface area contributed by atoms with Gasteiger partial charge in [-0.2, -0.15) is 0 Å². The molecule has 0 aromatic rings. The Morgan fingerprint density at radius 3 is 1.92 bits per heavy atom. The number of allylic oxidation sites excluding steroid dienone is 4. The third-order valence-corrected chi connectivity index (χ3v) is 1.17. The Kier molecular flexibility index (Phi) is 19.1. The molecular weight excluding hydrogens is 160 g/mol. The molecule has 0 rings (SSSR count). The van der Waals surface area contributed by atoms with Crippen LogP contribution in [0.2, 0.25) is 0 Å². The quantitative estimate of drug-likeness (QED) is 0.597. The van der Waals surface area contributed by atoms with Crippen LogP contribution in [0.5, 0.6) is 0 Å². The lowest BCUT2D eigenvalue weighted by molar-refractivity contribution is 0.824. The summed E-state index contributed by atoms with van der Waals surface area (Å²) in [6, 6.07) is 0. The molecule has 0 aromatic heterocycles. The molecule has 0 aliphatic heterocycles. The molecule has 0 spiro atoms. The molecule has 0 unspecified atom stereocenters. The highest BCUT2D eigenvalue weighted by Gasteiger charge is 1.83. The van der Waals surface area contributed by atoms with E-state index in [1.54, 1.807) is 0 Å². The molecule has 0 aliphatic rings. The van der Waals surface area contributed by atoms with Gasteiger partial charge in [0, 0.05) is 0 Å². The molecule has 0 saturated carbocycles. The average Bonchev–Trinajstić information content (AvgIpc) is 2.05. The van der Waals surface area contributed by atoms with E-state index >= 15 is 0 Å². The zero-order chi connectivity index (χ0) is 9.98. The highest BCUT2D eigenvalue weighted by atomic mass is 16.0. The van der Waals surface area contributed by atoms with Crippen molar-refractivity contribution in [2.24, 2.45) is 0 Å². The molecule has 0 heterocycles. The van der Waals surface area contributed by atoms with Crippen molar-refractivity contribution in [3.8, 4) is 0 Å². The first-order valence-corrected chi connectivity index (χ1v) is 4.68. The maximum atomic E-state index is 3.89. The van der Waals surface area contributed by atoms with Crippen LogP contribution < -0.4 is 0 Å². The molecule has 1 nitrogen and oxygen atoms in total. The first kappa shape index (κ1) is 18.1. The summed E-state index contributed by atoms with van der Waals surface area (Å²) >= 11 is 0. The van der Waals surface area contributed by atoms with Crippen molar-refractivity contribution >= 4 is 0 Å². The molecule has 0 aromatic carbocycles. The Morgan fingerprint density at radius 2 is 1.62 bits per heavy atom. The minimum atomic E-state index is 0. The first-order valence-electron chi connectivity index (χ1n) is 4.68. The van der Waals surface area contributed by atoms with Gasteiger partial charge in [-0.3, -0.25) is 0 Å². The minimum absolute atomic E-state index is 0. The van der Waals surface area contributed by atoms with Crippen molar-refractivity contribution in [2.45, 2.75) is 40.5 Å². The number of hydrogen-bond donors (Lipinski definition) is 0. The Bertz CT molecular complexity index is 155. The van der Waals surface area contributed by atoms with Crippen LogP contribution in [0.3, 0.4) is 0 Å². The molecule has 0 amide bonds. The Hall–Kier alpha value is -0.820. The molecule has 1 heteroatoms. The maximum Gasteiger partial charge on any atom is -0.0287 e. The Balaban J connectivity index is -0.000000309. The molecule has 0 saturated heterocycles. The largest absolute Gasteiger partial charge is 0.412 e. The van der Waals surface area contributed by atoms with Crippen LogP contribution in [0.25, 0.3) is 0 Å². The lowest BCUT2D eigenvalue weighted by atomic mass is 10.1. The summed E-state index contributed by atoms with van der Waals surface area (Å²) in [7, 11) is 0. The summed E-state index contributed by atoms with van der Waals surface area (Å²) in [6.45, 7) is 15.8. The van der Waals surface area contributed by atoms with Gasteiger partial charge in [0.05, 0.1) is 0 Å². The molecule has 2 N–H and O–H groups in total. The molecular formula is C12H24O. The second-order valence-electron chi connectivity index (χ2n) is 2.59. The minimum Gasteiger partial charge on any atom is -0.412 e. The molecule has 0 aliphatic carbocycles. The highest BCUT2D eigenvalue weighted by Crippen LogP contribution is 2.04. The fraction of sp³-hybridized carbons (Fsp3) is 0.500. The van der Waals surface area contributed by atoms with E-state index in [-0.39, 0.29) is 5.48 Å². The van der Waals surface area contributed by atoms with Crippen molar-refractivity contribution in [3.63, 3.8) is 0 Å². The molecule has 0 radical (unpaired) electrons. The molecule has 0 atom stereocenters. The molecule has 13 heavy (non-hydrogen) atoms. The van der Waals surface area contributed by atoms with Crippen molar-refractivity contribution < 1.29 is 5.48 Å². The van der Waals surface area contributed by atoms with Crippen LogP contribution in [0.15, 0.2) is 36.5 Å². The second-order valence-corrected chi connectivity index (χ2v) is 2.59. The van der Waals surface area contributed by atoms with E-state index in [9.17, 15) is 0 Å². The van der Waals surface area contributed by atoms with Gasteiger partial charge in [0.25, 0.3) is 0 Å². The van der Waals surface area contributed by atoms with Gasteiger partial charge in [-0.05, 0) is 13.3 Å². The van der Waals surface area contributed by atoms with E-state index in [0.29, 0.717) is 0 Å². The van der Waals surface area contributed by atoms with E-state index in [2.05, 4.69) is 20.1 Å². The van der Waals surface area contributed by atoms with Gasteiger partial charge < -0.3 is 5.48 Å². The average molecular weight is 184 g/mol. The third-order valence-electron chi connectivity index (χ3n) is 1.17. The summed E-state index contributed by atoms with van der Waals surface area (Å²) in [5, 5.41) is 0. The first-order chi connectivity index (χ1) is 5.66. The standard InChI is InChI=1S/C10H16.C2H6.H2O/c1-5-6-10(4)8-7-9(2)3;1-2;/h7-8H,2,4-6H2,1,3H3;1-2H3;1H2/b8-7-;;. The van der Waals surface area contributed by atoms with Crippen LogP contribution in [-0.2, 0) is 0 Å². The molecule has 78 valence electrons. The third kappa shape index (κ3) is 18.3. The smallest absolute Gasteiger partial charge is 0.0287 e. The van der Waals surface area contributed by atoms with Crippen molar-refractivity contribution in [1.29, 1.82) is 0 Å². The summed E-state index contributed by atoms with van der Waals surface area (Å²) in [4.78, 5) is 0. The van der Waals surface area contributed by atoms with Crippen LogP contribution in [-0.4, -0.2) is 5.48 Å². The Labute approximate surface area is 83.2 Å². The van der Waals surface area contributed by atoms with Crippen LogP contribution in [0.1, 0.15) is 40.5 Å². The number of rotatable bonds is 4. The van der Waals surface area contributed by atoms with E-state index in [4.69, 9.17) is 0 Å². The molecule has 0 bridgehead atoms. The lowest BCUT2D eigenvalue weighted by Crippen LogP contribution is -1.73. The van der Waals surface area contributed by atoms with Gasteiger partial charge in [0.2, 0.25) is 0 Å². The van der Waals surface area contributed by atoms with Gasteiger partial charge >= 0.3 is 0 Å². The zero-order valence-electron chi connectivity index (χ0n) is 9.48. The van der Waals surface area contributed by atoms with Gasteiger partial charge in [0.1, 0.15) is 0 Å². The van der Waals surface area contributed by atoms with Crippen molar-refractivity contribution in [2.75, 3.05) is 0 Å². The predicted octanol–water partition coefficient (Wildman–Crippen LogP) is 3.68. The summed E-state index contributed by atoms with van der Waals surface area (Å²) < 4.78 is 0. The summed E-state index contributed by atoms with van der Waals surface area (Å²) in [6.07, 6.45) is 6.28. The molecule has 0 fully saturated rings. The topological polar surface area (TPSA) is 31.5 Å². The second kappa shape index (κ2) is 13.7. The van der Waals surface area contributed by atoms with Crippen molar-refractivity contribution in [1.82, 2.24) is 0 Å². The maximum absolute atomic E-state index is 3.89. The predicted molar refractivity (Wildman–Crippen MR) is 63.0 cm³/mol. The number of hydrogen-bond acceptors (Lipinski definition) is 0. The summed E-state index contributed by atoms with van der Waals surface area (Å²) in [5.41, 5.74) is 2.27. The van der Waals surface area contributed by atoms with E-state index in [0.717, 1.165) is 12.0 Å². The van der Waals surface area contributed by atoms with Crippen molar-refractivity contribution in [3.05, 3.63) is 36.5 Å². The fourth-order valence-corrected chi connectivity index (χ4v) is 0.665. The van der Waals surface area contributed by atoms with Gasteiger partial charge in [0.15, 0.2) is 0 Å². The van der Waals surface area contributed by atoms with E-state index in [1.165, 1.54) is 12.0 Å². The van der Waals surface area contributed by atoms with Crippen LogP contribution in [0, 0.1) is 0 Å². The van der Waals surface area contributed by atoms with E-state index in [1.807, 2.05) is 32.9 Å². The van der Waals surface area contributed by atoms with Gasteiger partial charge in [-0.25, -0.2) is 0 Å². The monoisotopic (exact) mass is 184 g/mol. The fourth-order valence-electron chi connectivity index (χ4n) is 0.665. The highest BCUT2D eigenvalue weighted by molar-refractivity contribution is 5.22.